The molecule has 0 spiro atoms. The number of rotatable bonds is 5. The third-order valence-electron chi connectivity index (χ3n) is 4.46. The molecular weight excluding hydrogens is 292 g/mol. The average molecular weight is 318 g/mol. The van der Waals surface area contributed by atoms with Crippen LogP contribution in [0.2, 0.25) is 0 Å². The molecule has 2 fully saturated rings. The highest BCUT2D eigenvalue weighted by Gasteiger charge is 2.23. The van der Waals surface area contributed by atoms with Crippen LogP contribution in [0.4, 0.5) is 10.5 Å². The van der Waals surface area contributed by atoms with Crippen LogP contribution in [0.25, 0.3) is 0 Å². The molecule has 0 unspecified atom stereocenters. The lowest BCUT2D eigenvalue weighted by molar-refractivity contribution is 0.0387. The van der Waals surface area contributed by atoms with Crippen LogP contribution in [0, 0.1) is 0 Å². The lowest BCUT2D eigenvalue weighted by atomic mass is 10.3. The molecule has 0 radical (unpaired) electrons. The molecule has 2 aliphatic heterocycles. The Morgan fingerprint density at radius 2 is 1.96 bits per heavy atom. The van der Waals surface area contributed by atoms with Crippen LogP contribution in [-0.4, -0.2) is 69.5 Å². The number of urea groups is 1. The number of carbonyl (C=O) groups is 1. The number of carbonyl (C=O) groups excluding carboxylic acids is 1. The molecule has 2 heterocycles. The summed E-state index contributed by atoms with van der Waals surface area (Å²) in [6.45, 7) is 6.94. The van der Waals surface area contributed by atoms with Gasteiger partial charge in [-0.3, -0.25) is 4.90 Å². The summed E-state index contributed by atoms with van der Waals surface area (Å²) in [6, 6.07) is 10.5. The summed E-state index contributed by atoms with van der Waals surface area (Å²) in [4.78, 5) is 16.6. The summed E-state index contributed by atoms with van der Waals surface area (Å²) in [7, 11) is 0. The van der Waals surface area contributed by atoms with E-state index in [0.29, 0.717) is 6.54 Å². The van der Waals surface area contributed by atoms with Crippen LogP contribution in [0.3, 0.4) is 0 Å². The van der Waals surface area contributed by atoms with Crippen LogP contribution in [0.15, 0.2) is 30.3 Å². The smallest absolute Gasteiger partial charge is 0.315 e. The zero-order valence-electron chi connectivity index (χ0n) is 13.5. The van der Waals surface area contributed by atoms with Gasteiger partial charge in [-0.05, 0) is 18.6 Å². The topological polar surface area (TPSA) is 56.8 Å². The van der Waals surface area contributed by atoms with Gasteiger partial charge in [0, 0.05) is 51.0 Å². The molecule has 2 aliphatic rings. The zero-order valence-corrected chi connectivity index (χ0v) is 13.5. The van der Waals surface area contributed by atoms with E-state index in [1.807, 2.05) is 6.07 Å². The lowest BCUT2D eigenvalue weighted by Gasteiger charge is -2.26. The highest BCUT2D eigenvalue weighted by atomic mass is 16.5. The Morgan fingerprint density at radius 3 is 2.74 bits per heavy atom. The van der Waals surface area contributed by atoms with Crippen molar-refractivity contribution in [1.29, 1.82) is 0 Å². The average Bonchev–Trinajstić information content (AvgIpc) is 3.05. The quantitative estimate of drug-likeness (QED) is 0.847. The molecule has 0 saturated carbocycles. The number of morpholine rings is 1. The van der Waals surface area contributed by atoms with Crippen molar-refractivity contribution >= 4 is 11.7 Å². The molecule has 0 bridgehead atoms. The molecule has 2 N–H and O–H groups in total. The third kappa shape index (κ3) is 4.84. The molecule has 6 heteroatoms. The second kappa shape index (κ2) is 8.17. The summed E-state index contributed by atoms with van der Waals surface area (Å²) >= 11 is 0. The van der Waals surface area contributed by atoms with Crippen LogP contribution >= 0.6 is 0 Å². The number of hydrogen-bond donors (Lipinski definition) is 2. The number of nitrogens with one attached hydrogen (secondary N) is 2. The van der Waals surface area contributed by atoms with E-state index in [9.17, 15) is 4.79 Å². The van der Waals surface area contributed by atoms with Crippen LogP contribution < -0.4 is 15.5 Å². The molecule has 2 amide bonds. The Hall–Kier alpha value is -1.79. The number of para-hydroxylation sites is 1. The Morgan fingerprint density at radius 1 is 1.17 bits per heavy atom. The fourth-order valence-electron chi connectivity index (χ4n) is 3.14. The highest BCUT2D eigenvalue weighted by Crippen LogP contribution is 2.19. The first kappa shape index (κ1) is 16.1. The van der Waals surface area contributed by atoms with Crippen molar-refractivity contribution in [3.05, 3.63) is 30.3 Å². The third-order valence-corrected chi connectivity index (χ3v) is 4.46. The van der Waals surface area contributed by atoms with Gasteiger partial charge in [-0.15, -0.1) is 0 Å². The van der Waals surface area contributed by atoms with Crippen molar-refractivity contribution < 1.29 is 9.53 Å². The van der Waals surface area contributed by atoms with E-state index in [0.717, 1.165) is 52.4 Å². The van der Waals surface area contributed by atoms with Gasteiger partial charge >= 0.3 is 6.03 Å². The van der Waals surface area contributed by atoms with Gasteiger partial charge in [0.1, 0.15) is 0 Å². The Kier molecular flexibility index (Phi) is 5.71. The summed E-state index contributed by atoms with van der Waals surface area (Å²) < 4.78 is 5.32. The van der Waals surface area contributed by atoms with Gasteiger partial charge in [0.2, 0.25) is 0 Å². The molecule has 1 atom stereocenters. The number of anilines is 1. The maximum Gasteiger partial charge on any atom is 0.315 e. The molecule has 6 nitrogen and oxygen atoms in total. The van der Waals surface area contributed by atoms with E-state index in [1.54, 1.807) is 0 Å². The molecule has 126 valence electrons. The number of nitrogens with zero attached hydrogens (tertiary/aromatic N) is 2. The van der Waals surface area contributed by atoms with Crippen LogP contribution in [-0.2, 0) is 4.74 Å². The largest absolute Gasteiger partial charge is 0.379 e. The second-order valence-electron chi connectivity index (χ2n) is 6.12. The summed E-state index contributed by atoms with van der Waals surface area (Å²) in [5, 5.41) is 6.04. The number of ether oxygens (including phenoxy) is 1. The van der Waals surface area contributed by atoms with Crippen LogP contribution in [0.5, 0.6) is 0 Å². The predicted molar refractivity (Wildman–Crippen MR) is 90.9 cm³/mol. The van der Waals surface area contributed by atoms with Crippen LogP contribution in [0.1, 0.15) is 6.42 Å². The number of hydrogen-bond acceptors (Lipinski definition) is 4. The Bertz CT molecular complexity index is 491. The Labute approximate surface area is 137 Å². The van der Waals surface area contributed by atoms with Gasteiger partial charge in [-0.2, -0.15) is 0 Å². The van der Waals surface area contributed by atoms with E-state index in [4.69, 9.17) is 4.74 Å². The van der Waals surface area contributed by atoms with Gasteiger partial charge in [0.15, 0.2) is 0 Å². The monoisotopic (exact) mass is 318 g/mol. The molecule has 1 aromatic rings. The second-order valence-corrected chi connectivity index (χ2v) is 6.12. The number of amides is 2. The van der Waals surface area contributed by atoms with Gasteiger partial charge in [-0.25, -0.2) is 4.79 Å². The van der Waals surface area contributed by atoms with Gasteiger partial charge < -0.3 is 20.3 Å². The molecule has 1 aromatic carbocycles. The van der Waals surface area contributed by atoms with Gasteiger partial charge in [0.25, 0.3) is 0 Å². The zero-order chi connectivity index (χ0) is 15.9. The predicted octanol–water partition coefficient (Wildman–Crippen LogP) is 0.897. The minimum absolute atomic E-state index is 0.0572. The maximum absolute atomic E-state index is 12.0. The fourth-order valence-corrected chi connectivity index (χ4v) is 3.14. The van der Waals surface area contributed by atoms with E-state index < -0.39 is 0 Å². The highest BCUT2D eigenvalue weighted by molar-refractivity contribution is 5.74. The van der Waals surface area contributed by atoms with E-state index >= 15 is 0 Å². The van der Waals surface area contributed by atoms with Gasteiger partial charge in [0.05, 0.1) is 13.2 Å². The first-order valence-electron chi connectivity index (χ1n) is 8.46. The van der Waals surface area contributed by atoms with E-state index in [1.165, 1.54) is 5.69 Å². The molecule has 3 rings (SSSR count). The summed E-state index contributed by atoms with van der Waals surface area (Å²) in [5.41, 5.74) is 1.23. The normalized spacial score (nSPS) is 22.1. The molecular formula is C17H26N4O2. The molecule has 23 heavy (non-hydrogen) atoms. The Balaban J connectivity index is 1.34. The molecule has 2 saturated heterocycles. The van der Waals surface area contributed by atoms with Crippen molar-refractivity contribution in [2.45, 2.75) is 12.5 Å². The lowest BCUT2D eigenvalue weighted by Crippen LogP contribution is -2.46. The number of benzene rings is 1. The first-order chi connectivity index (χ1) is 11.3. The van der Waals surface area contributed by atoms with Crippen molar-refractivity contribution in [2.75, 3.05) is 57.4 Å². The van der Waals surface area contributed by atoms with Crippen molar-refractivity contribution in [3.63, 3.8) is 0 Å². The summed E-state index contributed by atoms with van der Waals surface area (Å²) in [5.74, 6) is 0. The summed E-state index contributed by atoms with van der Waals surface area (Å²) in [6.07, 6.45) is 0.992. The minimum Gasteiger partial charge on any atom is -0.379 e. The van der Waals surface area contributed by atoms with E-state index in [-0.39, 0.29) is 12.1 Å². The first-order valence-corrected chi connectivity index (χ1v) is 8.46. The van der Waals surface area contributed by atoms with Crippen molar-refractivity contribution in [3.8, 4) is 0 Å². The van der Waals surface area contributed by atoms with Crippen molar-refractivity contribution in [2.24, 2.45) is 0 Å². The van der Waals surface area contributed by atoms with Gasteiger partial charge in [-0.1, -0.05) is 18.2 Å². The standard InChI is InChI=1S/C17H26N4O2/c22-17(18-7-9-20-10-12-23-13-11-20)19-15-6-8-21(14-15)16-4-2-1-3-5-16/h1-5,15H,6-14H2,(H2,18,19,22)/t15-/m1/s1. The minimum atomic E-state index is -0.0572. The molecule has 0 aliphatic carbocycles. The van der Waals surface area contributed by atoms with Crippen molar-refractivity contribution in [1.82, 2.24) is 15.5 Å². The SMILES string of the molecule is O=C(NCCN1CCOCC1)N[C@@H]1CCN(c2ccccc2)C1. The molecule has 0 aromatic heterocycles. The fraction of sp³-hybridized carbons (Fsp3) is 0.588. The maximum atomic E-state index is 12.0. The van der Waals surface area contributed by atoms with E-state index in [2.05, 4.69) is 44.7 Å².